The molecule has 0 aromatic rings. The second kappa shape index (κ2) is 13.8. The Kier molecular flexibility index (Phi) is 12.9. The van der Waals surface area contributed by atoms with Gasteiger partial charge in [0, 0.05) is 17.6 Å². The molecule has 4 nitrogen and oxygen atoms in total. The zero-order chi connectivity index (χ0) is 18.4. The molecule has 0 bridgehead atoms. The van der Waals surface area contributed by atoms with E-state index in [1.165, 1.54) is 38.5 Å². The molecule has 0 spiro atoms. The van der Waals surface area contributed by atoms with Gasteiger partial charge in [0.15, 0.2) is 0 Å². The third kappa shape index (κ3) is 11.9. The highest BCUT2D eigenvalue weighted by atomic mass is 16.7. The molecule has 0 aliphatic carbocycles. The van der Waals surface area contributed by atoms with Crippen molar-refractivity contribution < 1.29 is 19.1 Å². The first kappa shape index (κ1) is 22.4. The van der Waals surface area contributed by atoms with Crippen LogP contribution in [-0.2, 0) is 19.1 Å². The average Bonchev–Trinajstić information content (AvgIpc) is 2.52. The molecule has 4 heteroatoms. The summed E-state index contributed by atoms with van der Waals surface area (Å²) in [5, 5.41) is 0. The van der Waals surface area contributed by atoms with E-state index >= 15 is 0 Å². The second-order valence-corrected chi connectivity index (χ2v) is 6.42. The maximum Gasteiger partial charge on any atom is 0.336 e. The molecule has 0 atom stereocenters. The minimum atomic E-state index is -0.858. The Morgan fingerprint density at radius 3 is 1.50 bits per heavy atom. The van der Waals surface area contributed by atoms with Gasteiger partial charge in [0.25, 0.3) is 0 Å². The Morgan fingerprint density at radius 2 is 1.12 bits per heavy atom. The molecule has 0 aliphatic rings. The van der Waals surface area contributed by atoms with Gasteiger partial charge in [-0.3, -0.25) is 0 Å². The van der Waals surface area contributed by atoms with Crippen molar-refractivity contribution in [1.82, 2.24) is 0 Å². The van der Waals surface area contributed by atoms with Gasteiger partial charge >= 0.3 is 11.9 Å². The lowest BCUT2D eigenvalue weighted by atomic mass is 10.1. The van der Waals surface area contributed by atoms with Gasteiger partial charge in [0.05, 0.1) is 0 Å². The monoisotopic (exact) mass is 338 g/mol. The van der Waals surface area contributed by atoms with Gasteiger partial charge < -0.3 is 9.47 Å². The molecule has 0 rings (SSSR count). The van der Waals surface area contributed by atoms with Gasteiger partial charge in [-0.15, -0.1) is 0 Å². The average molecular weight is 338 g/mol. The summed E-state index contributed by atoms with van der Waals surface area (Å²) in [4.78, 5) is 23.3. The molecule has 0 amide bonds. The van der Waals surface area contributed by atoms with E-state index in [-0.39, 0.29) is 0 Å². The number of rotatable bonds is 14. The van der Waals surface area contributed by atoms with Gasteiger partial charge in [0.1, 0.15) is 0 Å². The summed E-state index contributed by atoms with van der Waals surface area (Å²) in [5.41, 5.74) is 0.580. The van der Waals surface area contributed by atoms with Crippen molar-refractivity contribution >= 4 is 11.9 Å². The number of hydrogen-bond donors (Lipinski definition) is 0. The largest absolute Gasteiger partial charge is 0.422 e. The number of unbranched alkanes of at least 4 members (excludes halogenated alkanes) is 8. The molecule has 0 aromatic heterocycles. The Labute approximate surface area is 147 Å². The molecule has 24 heavy (non-hydrogen) atoms. The minimum Gasteiger partial charge on any atom is -0.422 e. The third-order valence-electron chi connectivity index (χ3n) is 3.72. The molecule has 0 radical (unpaired) electrons. The highest BCUT2D eigenvalue weighted by Gasteiger charge is 2.19. The number of carbonyl (C=O) groups is 2. The zero-order valence-corrected chi connectivity index (χ0v) is 15.7. The van der Waals surface area contributed by atoms with Crippen molar-refractivity contribution in [2.24, 2.45) is 0 Å². The van der Waals surface area contributed by atoms with Gasteiger partial charge in [-0.1, -0.05) is 71.4 Å². The van der Waals surface area contributed by atoms with Crippen LogP contribution in [0.3, 0.4) is 0 Å². The lowest BCUT2D eigenvalue weighted by Gasteiger charge is -2.18. The molecular formula is C20H34O4. The van der Waals surface area contributed by atoms with E-state index in [0.29, 0.717) is 17.6 Å². The van der Waals surface area contributed by atoms with Crippen LogP contribution in [0.15, 0.2) is 24.3 Å². The van der Waals surface area contributed by atoms with E-state index in [9.17, 15) is 9.59 Å². The number of carbonyl (C=O) groups excluding carboxylic acids is 2. The van der Waals surface area contributed by atoms with Crippen molar-refractivity contribution in [3.05, 3.63) is 24.3 Å². The maximum absolute atomic E-state index is 11.6. The van der Waals surface area contributed by atoms with Crippen LogP contribution in [0.4, 0.5) is 0 Å². The summed E-state index contributed by atoms with van der Waals surface area (Å²) in [6, 6.07) is 0. The number of hydrogen-bond acceptors (Lipinski definition) is 4. The first-order valence-electron chi connectivity index (χ1n) is 9.11. The summed E-state index contributed by atoms with van der Waals surface area (Å²) in [6.07, 6.45) is 10.4. The number of esters is 2. The molecule has 0 heterocycles. The lowest BCUT2D eigenvalue weighted by molar-refractivity contribution is -0.183. The van der Waals surface area contributed by atoms with Crippen molar-refractivity contribution in [3.63, 3.8) is 0 Å². The van der Waals surface area contributed by atoms with E-state index in [2.05, 4.69) is 20.1 Å². The van der Waals surface area contributed by atoms with Crippen LogP contribution >= 0.6 is 0 Å². The fourth-order valence-corrected chi connectivity index (χ4v) is 2.20. The lowest BCUT2D eigenvalue weighted by Crippen LogP contribution is -2.25. The van der Waals surface area contributed by atoms with Crippen LogP contribution in [0.25, 0.3) is 0 Å². The Bertz CT molecular complexity index is 384. The quantitative estimate of drug-likeness (QED) is 0.182. The normalized spacial score (nSPS) is 10.5. The smallest absolute Gasteiger partial charge is 0.336 e. The molecular weight excluding hydrogens is 304 g/mol. The summed E-state index contributed by atoms with van der Waals surface area (Å²) < 4.78 is 10.4. The van der Waals surface area contributed by atoms with Crippen LogP contribution in [0.5, 0.6) is 0 Å². The topological polar surface area (TPSA) is 52.6 Å². The van der Waals surface area contributed by atoms with Crippen LogP contribution in [0.1, 0.15) is 85.0 Å². The fourth-order valence-electron chi connectivity index (χ4n) is 2.20. The standard InChI is InChI=1S/C20H34O4/c1-6-7-8-9-10-11-12-13-14-15-18(23-19(21)16(2)3)24-20(22)17(4)5/h18H,2,4,6-15H2,1,3,5H3. The molecule has 138 valence electrons. The third-order valence-corrected chi connectivity index (χ3v) is 3.72. The van der Waals surface area contributed by atoms with Gasteiger partial charge in [0.2, 0.25) is 6.29 Å². The molecule has 0 aromatic carbocycles. The van der Waals surface area contributed by atoms with Crippen LogP contribution in [0.2, 0.25) is 0 Å². The Hall–Kier alpha value is -1.58. The Balaban J connectivity index is 4.04. The Morgan fingerprint density at radius 1 is 0.750 bits per heavy atom. The van der Waals surface area contributed by atoms with Crippen LogP contribution < -0.4 is 0 Å². The summed E-state index contributed by atoms with van der Waals surface area (Å²) in [7, 11) is 0. The van der Waals surface area contributed by atoms with Crippen molar-refractivity contribution in [3.8, 4) is 0 Å². The van der Waals surface area contributed by atoms with Gasteiger partial charge in [-0.2, -0.15) is 0 Å². The van der Waals surface area contributed by atoms with E-state index in [1.807, 2.05) is 0 Å². The van der Waals surface area contributed by atoms with Crippen molar-refractivity contribution in [2.75, 3.05) is 0 Å². The summed E-state index contributed by atoms with van der Waals surface area (Å²) in [6.45, 7) is 12.4. The van der Waals surface area contributed by atoms with E-state index in [1.54, 1.807) is 13.8 Å². The summed E-state index contributed by atoms with van der Waals surface area (Å²) in [5.74, 6) is -1.07. The predicted octanol–water partition coefficient (Wildman–Crippen LogP) is 5.47. The molecule has 0 fully saturated rings. The van der Waals surface area contributed by atoms with E-state index in [0.717, 1.165) is 19.3 Å². The highest BCUT2D eigenvalue weighted by Crippen LogP contribution is 2.15. The molecule has 0 unspecified atom stereocenters. The first-order valence-corrected chi connectivity index (χ1v) is 9.11. The molecule has 0 aliphatic heterocycles. The van der Waals surface area contributed by atoms with Crippen molar-refractivity contribution in [2.45, 2.75) is 91.3 Å². The molecule has 0 saturated carbocycles. The molecule has 0 N–H and O–H groups in total. The van der Waals surface area contributed by atoms with Gasteiger partial charge in [-0.25, -0.2) is 9.59 Å². The van der Waals surface area contributed by atoms with Crippen LogP contribution in [-0.4, -0.2) is 18.2 Å². The van der Waals surface area contributed by atoms with E-state index in [4.69, 9.17) is 9.47 Å². The second-order valence-electron chi connectivity index (χ2n) is 6.42. The van der Waals surface area contributed by atoms with Gasteiger partial charge in [-0.05, 0) is 20.3 Å². The highest BCUT2D eigenvalue weighted by molar-refractivity contribution is 5.88. The maximum atomic E-state index is 11.6. The molecule has 0 saturated heterocycles. The predicted molar refractivity (Wildman–Crippen MR) is 97.4 cm³/mol. The zero-order valence-electron chi connectivity index (χ0n) is 15.7. The van der Waals surface area contributed by atoms with Crippen molar-refractivity contribution in [1.29, 1.82) is 0 Å². The SMILES string of the molecule is C=C(C)C(=O)OC(CCCCCCCCCCC)OC(=O)C(=C)C. The summed E-state index contributed by atoms with van der Waals surface area (Å²) >= 11 is 0. The minimum absolute atomic E-state index is 0.290. The fraction of sp³-hybridized carbons (Fsp3) is 0.700. The van der Waals surface area contributed by atoms with Crippen LogP contribution in [0, 0.1) is 0 Å². The first-order chi connectivity index (χ1) is 11.4. The van der Waals surface area contributed by atoms with E-state index < -0.39 is 18.2 Å². The number of ether oxygens (including phenoxy) is 2.